The van der Waals surface area contributed by atoms with E-state index in [-0.39, 0.29) is 0 Å². The minimum atomic E-state index is -0.437. The highest BCUT2D eigenvalue weighted by Crippen LogP contribution is 2.33. The van der Waals surface area contributed by atoms with Gasteiger partial charge in [0.15, 0.2) is 0 Å². The molecule has 31 heavy (non-hydrogen) atoms. The summed E-state index contributed by atoms with van der Waals surface area (Å²) in [6, 6.07) is 15.2. The van der Waals surface area contributed by atoms with E-state index in [2.05, 4.69) is 9.97 Å². The molecule has 0 N–H and O–H groups in total. The van der Waals surface area contributed by atoms with Gasteiger partial charge in [-0.2, -0.15) is 0 Å². The fraction of sp³-hybridized carbons (Fsp3) is 0.0833. The van der Waals surface area contributed by atoms with Gasteiger partial charge in [-0.25, -0.2) is 9.78 Å². The van der Waals surface area contributed by atoms with Crippen LogP contribution in [0, 0.1) is 6.92 Å². The fourth-order valence-electron chi connectivity index (χ4n) is 3.89. The lowest BCUT2D eigenvalue weighted by Gasteiger charge is -2.12. The van der Waals surface area contributed by atoms with Gasteiger partial charge in [0.05, 0.1) is 34.4 Å². The molecule has 2 aromatic carbocycles. The Labute approximate surface area is 183 Å². The molecule has 7 heteroatoms. The lowest BCUT2D eigenvalue weighted by Crippen LogP contribution is -2.03. The van der Waals surface area contributed by atoms with Crippen molar-refractivity contribution in [2.24, 2.45) is 0 Å². The average molecular weight is 429 g/mol. The first kappa shape index (κ1) is 19.2. The van der Waals surface area contributed by atoms with Crippen LogP contribution in [0.4, 0.5) is 0 Å². The van der Waals surface area contributed by atoms with Gasteiger partial charge < -0.3 is 4.74 Å². The zero-order valence-electron chi connectivity index (χ0n) is 16.8. The molecule has 0 aliphatic carbocycles. The number of carbonyl (C=O) groups excluding carboxylic acids is 1. The van der Waals surface area contributed by atoms with Crippen molar-refractivity contribution in [2.45, 2.75) is 6.92 Å². The number of imidazole rings is 1. The van der Waals surface area contributed by atoms with Crippen LogP contribution < -0.4 is 0 Å². The molecule has 3 heterocycles. The lowest BCUT2D eigenvalue weighted by molar-refractivity contribution is 0.0603. The van der Waals surface area contributed by atoms with Crippen molar-refractivity contribution in [3.8, 4) is 16.8 Å². The van der Waals surface area contributed by atoms with Crippen LogP contribution >= 0.6 is 11.6 Å². The molecular weight excluding hydrogens is 412 g/mol. The van der Waals surface area contributed by atoms with Gasteiger partial charge in [-0.05, 0) is 54.4 Å². The van der Waals surface area contributed by atoms with Gasteiger partial charge in [-0.15, -0.1) is 0 Å². The summed E-state index contributed by atoms with van der Waals surface area (Å²) < 4.78 is 7.07. The summed E-state index contributed by atoms with van der Waals surface area (Å²) in [5, 5.41) is 1.47. The second-order valence-corrected chi connectivity index (χ2v) is 7.49. The number of carbonyl (C=O) groups is 1. The Morgan fingerprint density at radius 3 is 2.58 bits per heavy atom. The molecule has 6 nitrogen and oxygen atoms in total. The van der Waals surface area contributed by atoms with E-state index < -0.39 is 5.97 Å². The third kappa shape index (κ3) is 3.12. The third-order valence-electron chi connectivity index (χ3n) is 5.29. The van der Waals surface area contributed by atoms with E-state index in [0.717, 1.165) is 33.5 Å². The normalized spacial score (nSPS) is 11.2. The summed E-state index contributed by atoms with van der Waals surface area (Å²) >= 11 is 6.38. The molecular formula is C24H17ClN4O2. The quantitative estimate of drug-likeness (QED) is 0.360. The molecule has 0 unspecified atom stereocenters. The van der Waals surface area contributed by atoms with E-state index in [1.807, 2.05) is 60.0 Å². The van der Waals surface area contributed by atoms with Crippen molar-refractivity contribution in [3.63, 3.8) is 0 Å². The molecule has 152 valence electrons. The molecule has 0 atom stereocenters. The van der Waals surface area contributed by atoms with Gasteiger partial charge in [0.25, 0.3) is 0 Å². The van der Waals surface area contributed by atoms with Gasteiger partial charge >= 0.3 is 5.97 Å². The number of rotatable bonds is 3. The largest absolute Gasteiger partial charge is 0.465 e. The van der Waals surface area contributed by atoms with Crippen LogP contribution in [-0.4, -0.2) is 32.6 Å². The van der Waals surface area contributed by atoms with E-state index in [0.29, 0.717) is 21.6 Å². The highest BCUT2D eigenvalue weighted by molar-refractivity contribution is 6.35. The lowest BCUT2D eigenvalue weighted by atomic mass is 10.0. The average Bonchev–Trinajstić information content (AvgIpc) is 3.14. The number of benzene rings is 2. The number of halogens is 1. The van der Waals surface area contributed by atoms with Crippen molar-refractivity contribution in [1.82, 2.24) is 19.5 Å². The summed E-state index contributed by atoms with van der Waals surface area (Å²) in [5.41, 5.74) is 5.18. The van der Waals surface area contributed by atoms with Gasteiger partial charge in [0.1, 0.15) is 11.3 Å². The van der Waals surface area contributed by atoms with E-state index >= 15 is 0 Å². The Bertz CT molecular complexity index is 1460. The Hall–Kier alpha value is -3.77. The van der Waals surface area contributed by atoms with Crippen molar-refractivity contribution in [1.29, 1.82) is 0 Å². The molecule has 0 aliphatic rings. The highest BCUT2D eigenvalue weighted by Gasteiger charge is 2.21. The van der Waals surface area contributed by atoms with Crippen LogP contribution in [0.15, 0.2) is 67.1 Å². The predicted molar refractivity (Wildman–Crippen MR) is 121 cm³/mol. The number of hydrogen-bond donors (Lipinski definition) is 0. The number of fused-ring (bicyclic) bond motifs is 2. The Morgan fingerprint density at radius 1 is 1.00 bits per heavy atom. The first-order valence-electron chi connectivity index (χ1n) is 9.64. The molecule has 0 fully saturated rings. The fourth-order valence-corrected chi connectivity index (χ4v) is 4.12. The number of ether oxygens (including phenoxy) is 1. The van der Waals surface area contributed by atoms with Crippen molar-refractivity contribution in [3.05, 3.63) is 83.5 Å². The van der Waals surface area contributed by atoms with E-state index in [1.165, 1.54) is 7.11 Å². The number of nitrogens with zero attached hydrogens (tertiary/aromatic N) is 4. The van der Waals surface area contributed by atoms with Gasteiger partial charge in [0, 0.05) is 24.0 Å². The molecule has 0 saturated carbocycles. The Kier molecular flexibility index (Phi) is 4.64. The maximum Gasteiger partial charge on any atom is 0.340 e. The SMILES string of the molecule is COC(=O)c1cc(-c2ccncc2)cc2c1nc(C)n2-c1ccnc2c(Cl)cccc12. The smallest absolute Gasteiger partial charge is 0.340 e. The molecule has 0 saturated heterocycles. The molecule has 5 aromatic rings. The molecule has 0 radical (unpaired) electrons. The molecule has 0 bridgehead atoms. The standard InChI is InChI=1S/C24H17ClN4O2/c1-14-28-23-18(24(30)31-2)12-16(15-6-9-26-10-7-15)13-21(23)29(14)20-8-11-27-22-17(20)4-3-5-19(22)25/h3-13H,1-2H3. The molecule has 0 amide bonds. The molecule has 0 aliphatic heterocycles. The first-order chi connectivity index (χ1) is 15.1. The summed E-state index contributed by atoms with van der Waals surface area (Å²) in [5.74, 6) is 0.299. The van der Waals surface area contributed by atoms with E-state index in [4.69, 9.17) is 21.3 Å². The molecule has 3 aromatic heterocycles. The zero-order chi connectivity index (χ0) is 21.5. The number of pyridine rings is 2. The van der Waals surface area contributed by atoms with Crippen molar-refractivity contribution < 1.29 is 9.53 Å². The number of methoxy groups -OCH3 is 1. The maximum atomic E-state index is 12.6. The summed E-state index contributed by atoms with van der Waals surface area (Å²) in [7, 11) is 1.37. The third-order valence-corrected chi connectivity index (χ3v) is 5.59. The second kappa shape index (κ2) is 7.49. The molecule has 5 rings (SSSR count). The summed E-state index contributed by atoms with van der Waals surface area (Å²) in [6.07, 6.45) is 5.17. The van der Waals surface area contributed by atoms with Crippen LogP contribution in [0.3, 0.4) is 0 Å². The van der Waals surface area contributed by atoms with E-state index in [9.17, 15) is 4.79 Å². The Morgan fingerprint density at radius 2 is 1.81 bits per heavy atom. The molecule has 0 spiro atoms. The van der Waals surface area contributed by atoms with Crippen molar-refractivity contribution >= 4 is 39.5 Å². The number of esters is 1. The zero-order valence-corrected chi connectivity index (χ0v) is 17.6. The number of aromatic nitrogens is 4. The topological polar surface area (TPSA) is 69.9 Å². The maximum absolute atomic E-state index is 12.6. The van der Waals surface area contributed by atoms with Crippen LogP contribution in [0.2, 0.25) is 5.02 Å². The van der Waals surface area contributed by atoms with Crippen LogP contribution in [0.25, 0.3) is 38.8 Å². The Balaban J connectivity index is 1.88. The monoisotopic (exact) mass is 428 g/mol. The van der Waals surface area contributed by atoms with Gasteiger partial charge in [-0.1, -0.05) is 23.7 Å². The minimum Gasteiger partial charge on any atom is -0.465 e. The summed E-state index contributed by atoms with van der Waals surface area (Å²) in [4.78, 5) is 25.9. The number of hydrogen-bond acceptors (Lipinski definition) is 5. The van der Waals surface area contributed by atoms with Crippen LogP contribution in [0.1, 0.15) is 16.2 Å². The summed E-state index contributed by atoms with van der Waals surface area (Å²) in [6.45, 7) is 1.91. The highest BCUT2D eigenvalue weighted by atomic mass is 35.5. The number of para-hydroxylation sites is 1. The van der Waals surface area contributed by atoms with Gasteiger partial charge in [0.2, 0.25) is 0 Å². The first-order valence-corrected chi connectivity index (χ1v) is 10.0. The second-order valence-electron chi connectivity index (χ2n) is 7.08. The van der Waals surface area contributed by atoms with Crippen LogP contribution in [0.5, 0.6) is 0 Å². The minimum absolute atomic E-state index is 0.407. The van der Waals surface area contributed by atoms with Crippen LogP contribution in [-0.2, 0) is 4.74 Å². The van der Waals surface area contributed by atoms with E-state index in [1.54, 1.807) is 18.6 Å². The van der Waals surface area contributed by atoms with Gasteiger partial charge in [-0.3, -0.25) is 14.5 Å². The number of aryl methyl sites for hydroxylation is 1. The van der Waals surface area contributed by atoms with Crippen molar-refractivity contribution in [2.75, 3.05) is 7.11 Å². The predicted octanol–water partition coefficient (Wildman–Crippen LogP) is 5.38.